The average Bonchev–Trinajstić information content (AvgIpc) is 3.04. The second kappa shape index (κ2) is 6.48. The van der Waals surface area contributed by atoms with Crippen molar-refractivity contribution < 1.29 is 8.42 Å². The smallest absolute Gasteiger partial charge is 0.260 e. The molecule has 0 aromatic carbocycles. The first kappa shape index (κ1) is 15.0. The molecule has 0 spiro atoms. The highest BCUT2D eigenvalue weighted by molar-refractivity contribution is 7.89. The van der Waals surface area contributed by atoms with Gasteiger partial charge in [0, 0.05) is 12.1 Å². The molecule has 118 valence electrons. The van der Waals surface area contributed by atoms with Crippen molar-refractivity contribution >= 4 is 10.0 Å². The first-order valence-electron chi connectivity index (χ1n) is 8.22. The van der Waals surface area contributed by atoms with E-state index in [2.05, 4.69) is 10.2 Å². The van der Waals surface area contributed by atoms with Gasteiger partial charge in [0.1, 0.15) is 0 Å². The molecular formula is C15H25N3O2S. The fraction of sp³-hybridized carbons (Fsp3) is 0.800. The van der Waals surface area contributed by atoms with Crippen LogP contribution >= 0.6 is 0 Å². The molecule has 1 heterocycles. The minimum Gasteiger partial charge on any atom is -0.266 e. The Morgan fingerprint density at radius 3 is 1.90 bits per heavy atom. The normalized spacial score (nSPS) is 22.7. The molecule has 1 aromatic heterocycles. The average molecular weight is 311 g/mol. The Hall–Kier alpha value is -0.880. The van der Waals surface area contributed by atoms with Crippen LogP contribution in [0.3, 0.4) is 0 Å². The Kier molecular flexibility index (Phi) is 4.64. The molecule has 0 saturated heterocycles. The molecule has 0 unspecified atom stereocenters. The van der Waals surface area contributed by atoms with E-state index in [9.17, 15) is 8.42 Å². The third-order valence-electron chi connectivity index (χ3n) is 4.90. The standard InChI is InChI=1S/C15H25N3O2S/c19-21(20,15-11-12-16-17-15)18(13-7-3-1-4-8-13)14-9-5-2-6-10-14/h11-14H,1-10H2,(H,16,17). The molecule has 0 amide bonds. The van der Waals surface area contributed by atoms with Crippen LogP contribution in [-0.2, 0) is 10.0 Å². The van der Waals surface area contributed by atoms with Crippen molar-refractivity contribution in [2.24, 2.45) is 0 Å². The summed E-state index contributed by atoms with van der Waals surface area (Å²) in [5, 5.41) is 6.74. The zero-order chi connectivity index (χ0) is 14.7. The van der Waals surface area contributed by atoms with Gasteiger partial charge in [-0.2, -0.15) is 9.40 Å². The lowest BCUT2D eigenvalue weighted by molar-refractivity contribution is 0.169. The van der Waals surface area contributed by atoms with Crippen LogP contribution in [0.25, 0.3) is 0 Å². The first-order chi connectivity index (χ1) is 10.2. The van der Waals surface area contributed by atoms with Crippen molar-refractivity contribution in [3.8, 4) is 0 Å². The second-order valence-electron chi connectivity index (χ2n) is 6.34. The van der Waals surface area contributed by atoms with Crippen molar-refractivity contribution in [3.63, 3.8) is 0 Å². The fourth-order valence-corrected chi connectivity index (χ4v) is 5.70. The molecule has 21 heavy (non-hydrogen) atoms. The van der Waals surface area contributed by atoms with Gasteiger partial charge in [-0.15, -0.1) is 0 Å². The molecule has 5 nitrogen and oxygen atoms in total. The van der Waals surface area contributed by atoms with Gasteiger partial charge in [-0.25, -0.2) is 8.42 Å². The molecule has 3 rings (SSSR count). The van der Waals surface area contributed by atoms with Gasteiger partial charge in [0.15, 0.2) is 5.03 Å². The molecule has 1 aromatic rings. The Labute approximate surface area is 127 Å². The number of nitrogens with one attached hydrogen (secondary N) is 1. The van der Waals surface area contributed by atoms with E-state index in [-0.39, 0.29) is 17.1 Å². The van der Waals surface area contributed by atoms with Crippen LogP contribution in [0.4, 0.5) is 0 Å². The van der Waals surface area contributed by atoms with E-state index in [1.807, 2.05) is 4.31 Å². The number of H-pyrrole nitrogens is 1. The fourth-order valence-electron chi connectivity index (χ4n) is 3.86. The maximum atomic E-state index is 13.0. The van der Waals surface area contributed by atoms with Crippen molar-refractivity contribution in [1.82, 2.24) is 14.5 Å². The molecule has 2 saturated carbocycles. The quantitative estimate of drug-likeness (QED) is 0.929. The van der Waals surface area contributed by atoms with Gasteiger partial charge in [-0.1, -0.05) is 38.5 Å². The van der Waals surface area contributed by atoms with Crippen molar-refractivity contribution in [1.29, 1.82) is 0 Å². The topological polar surface area (TPSA) is 66.1 Å². The van der Waals surface area contributed by atoms with E-state index < -0.39 is 10.0 Å². The maximum Gasteiger partial charge on any atom is 0.260 e. The molecule has 0 bridgehead atoms. The van der Waals surface area contributed by atoms with Gasteiger partial charge in [-0.05, 0) is 31.7 Å². The molecular weight excluding hydrogens is 286 g/mol. The molecule has 6 heteroatoms. The third kappa shape index (κ3) is 3.16. The highest BCUT2D eigenvalue weighted by Gasteiger charge is 2.38. The van der Waals surface area contributed by atoms with E-state index >= 15 is 0 Å². The van der Waals surface area contributed by atoms with Gasteiger partial charge >= 0.3 is 0 Å². The Bertz CT molecular complexity index is 511. The number of aromatic nitrogens is 2. The van der Waals surface area contributed by atoms with Crippen LogP contribution in [0, 0.1) is 0 Å². The summed E-state index contributed by atoms with van der Waals surface area (Å²) in [4.78, 5) is 0. The minimum absolute atomic E-state index is 0.176. The summed E-state index contributed by atoms with van der Waals surface area (Å²) in [5.41, 5.74) is 0. The first-order valence-corrected chi connectivity index (χ1v) is 9.66. The molecule has 1 N–H and O–H groups in total. The highest BCUT2D eigenvalue weighted by atomic mass is 32.2. The predicted octanol–water partition coefficient (Wildman–Crippen LogP) is 3.07. The van der Waals surface area contributed by atoms with Crippen LogP contribution in [0.15, 0.2) is 17.3 Å². The van der Waals surface area contributed by atoms with Gasteiger partial charge in [0.25, 0.3) is 10.0 Å². The number of nitrogens with zero attached hydrogens (tertiary/aromatic N) is 2. The molecule has 2 aliphatic rings. The van der Waals surface area contributed by atoms with Crippen molar-refractivity contribution in [2.45, 2.75) is 81.3 Å². The van der Waals surface area contributed by atoms with E-state index in [4.69, 9.17) is 0 Å². The number of sulfonamides is 1. The third-order valence-corrected chi connectivity index (χ3v) is 6.83. The van der Waals surface area contributed by atoms with E-state index in [1.165, 1.54) is 19.0 Å². The lowest BCUT2D eigenvalue weighted by atomic mass is 9.91. The Morgan fingerprint density at radius 2 is 1.48 bits per heavy atom. The lowest BCUT2D eigenvalue weighted by Crippen LogP contribution is -2.48. The summed E-state index contributed by atoms with van der Waals surface area (Å²) in [6.07, 6.45) is 12.6. The van der Waals surface area contributed by atoms with Crippen LogP contribution in [-0.4, -0.2) is 35.0 Å². The largest absolute Gasteiger partial charge is 0.266 e. The number of aromatic amines is 1. The molecule has 0 radical (unpaired) electrons. The predicted molar refractivity (Wildman–Crippen MR) is 81.4 cm³/mol. The van der Waals surface area contributed by atoms with Gasteiger partial charge in [-0.3, -0.25) is 5.10 Å². The summed E-state index contributed by atoms with van der Waals surface area (Å²) < 4.78 is 27.9. The summed E-state index contributed by atoms with van der Waals surface area (Å²) in [5.74, 6) is 0. The van der Waals surface area contributed by atoms with E-state index in [1.54, 1.807) is 6.07 Å². The maximum absolute atomic E-state index is 13.0. The molecule has 2 fully saturated rings. The van der Waals surface area contributed by atoms with Crippen molar-refractivity contribution in [2.75, 3.05) is 0 Å². The van der Waals surface area contributed by atoms with Crippen LogP contribution in [0.2, 0.25) is 0 Å². The van der Waals surface area contributed by atoms with Gasteiger partial charge < -0.3 is 0 Å². The zero-order valence-electron chi connectivity index (χ0n) is 12.5. The second-order valence-corrected chi connectivity index (χ2v) is 8.15. The summed E-state index contributed by atoms with van der Waals surface area (Å²) in [6.45, 7) is 0. The SMILES string of the molecule is O=S(=O)(c1ccn[nH]1)N(C1CCCCC1)C1CCCCC1. The van der Waals surface area contributed by atoms with Crippen molar-refractivity contribution in [3.05, 3.63) is 12.3 Å². The van der Waals surface area contributed by atoms with E-state index in [0.29, 0.717) is 0 Å². The number of hydrogen-bond acceptors (Lipinski definition) is 3. The summed E-state index contributed by atoms with van der Waals surface area (Å²) >= 11 is 0. The monoisotopic (exact) mass is 311 g/mol. The summed E-state index contributed by atoms with van der Waals surface area (Å²) in [6, 6.07) is 1.93. The van der Waals surface area contributed by atoms with Crippen LogP contribution in [0.5, 0.6) is 0 Å². The minimum atomic E-state index is -3.44. The summed E-state index contributed by atoms with van der Waals surface area (Å²) in [7, 11) is -3.44. The Morgan fingerprint density at radius 1 is 0.952 bits per heavy atom. The Balaban J connectivity index is 1.90. The molecule has 2 aliphatic carbocycles. The highest BCUT2D eigenvalue weighted by Crippen LogP contribution is 2.34. The number of rotatable bonds is 4. The van der Waals surface area contributed by atoms with Crippen LogP contribution < -0.4 is 0 Å². The lowest BCUT2D eigenvalue weighted by Gasteiger charge is -2.40. The number of hydrogen-bond donors (Lipinski definition) is 1. The van der Waals surface area contributed by atoms with E-state index in [0.717, 1.165) is 51.4 Å². The zero-order valence-corrected chi connectivity index (χ0v) is 13.3. The molecule has 0 atom stereocenters. The van der Waals surface area contributed by atoms with Gasteiger partial charge in [0.2, 0.25) is 0 Å². The molecule has 0 aliphatic heterocycles. The van der Waals surface area contributed by atoms with Gasteiger partial charge in [0.05, 0.1) is 6.20 Å². The van der Waals surface area contributed by atoms with Crippen LogP contribution in [0.1, 0.15) is 64.2 Å².